The molecule has 0 unspecified atom stereocenters. The summed E-state index contributed by atoms with van der Waals surface area (Å²) in [5.74, 6) is 0.186. The van der Waals surface area contributed by atoms with Crippen molar-refractivity contribution in [2.45, 2.75) is 51.0 Å². The predicted octanol–water partition coefficient (Wildman–Crippen LogP) is 4.03. The Morgan fingerprint density at radius 3 is 2.52 bits per heavy atom. The number of Topliss-reactive ketones (excluding diaryl/α,β-unsaturated/α-hetero) is 2. The summed E-state index contributed by atoms with van der Waals surface area (Å²) in [5, 5.41) is 10.3. The third-order valence-electron chi connectivity index (χ3n) is 5.76. The normalized spacial score (nSPS) is 18.9. The first-order valence-corrected chi connectivity index (χ1v) is 10.0. The summed E-state index contributed by atoms with van der Waals surface area (Å²) in [4.78, 5) is 25.6. The Morgan fingerprint density at radius 1 is 1.07 bits per heavy atom. The maximum atomic E-state index is 12.8. The summed E-state index contributed by atoms with van der Waals surface area (Å²) >= 11 is 0. The second kappa shape index (κ2) is 9.23. The molecule has 29 heavy (non-hydrogen) atoms. The number of rotatable bonds is 7. The zero-order valence-corrected chi connectivity index (χ0v) is 17.2. The number of hydrogen-bond donors (Lipinski definition) is 1. The Balaban J connectivity index is 1.81. The second-order valence-corrected chi connectivity index (χ2v) is 7.64. The maximum Gasteiger partial charge on any atom is 0.228 e. The molecule has 0 radical (unpaired) electrons. The fourth-order valence-electron chi connectivity index (χ4n) is 4.09. The average molecular weight is 396 g/mol. The zero-order chi connectivity index (χ0) is 21.0. The molecule has 5 nitrogen and oxygen atoms in total. The first-order valence-electron chi connectivity index (χ1n) is 10.0. The van der Waals surface area contributed by atoms with Crippen molar-refractivity contribution in [3.8, 4) is 11.5 Å². The highest BCUT2D eigenvalue weighted by atomic mass is 16.5. The van der Waals surface area contributed by atoms with Crippen LogP contribution >= 0.6 is 0 Å². The van der Waals surface area contributed by atoms with E-state index in [0.717, 1.165) is 36.8 Å². The molecular formula is C24H28O5. The summed E-state index contributed by atoms with van der Waals surface area (Å²) in [6.07, 6.45) is 3.34. The Bertz CT molecular complexity index is 902. The fourth-order valence-corrected chi connectivity index (χ4v) is 4.09. The summed E-state index contributed by atoms with van der Waals surface area (Å²) in [6, 6.07) is 10.7. The van der Waals surface area contributed by atoms with Crippen molar-refractivity contribution >= 4 is 11.6 Å². The number of benzene rings is 2. The van der Waals surface area contributed by atoms with E-state index in [1.165, 1.54) is 7.11 Å². The molecule has 0 amide bonds. The Hall–Kier alpha value is -2.66. The summed E-state index contributed by atoms with van der Waals surface area (Å²) < 4.78 is 10.6. The molecule has 3 rings (SSSR count). The predicted molar refractivity (Wildman–Crippen MR) is 111 cm³/mol. The van der Waals surface area contributed by atoms with Crippen LogP contribution in [-0.4, -0.2) is 37.0 Å². The van der Waals surface area contributed by atoms with Gasteiger partial charge in [-0.25, -0.2) is 0 Å². The van der Waals surface area contributed by atoms with Crippen molar-refractivity contribution in [3.63, 3.8) is 0 Å². The van der Waals surface area contributed by atoms with Gasteiger partial charge in [0.05, 0.1) is 20.3 Å². The molecule has 2 atom stereocenters. The number of ether oxygens (including phenoxy) is 2. The third-order valence-corrected chi connectivity index (χ3v) is 5.76. The number of hydrogen-bond acceptors (Lipinski definition) is 5. The van der Waals surface area contributed by atoms with Crippen LogP contribution in [0.3, 0.4) is 0 Å². The van der Waals surface area contributed by atoms with E-state index in [-0.39, 0.29) is 12.3 Å². The molecule has 0 saturated heterocycles. The Morgan fingerprint density at radius 2 is 1.83 bits per heavy atom. The van der Waals surface area contributed by atoms with Gasteiger partial charge < -0.3 is 14.6 Å². The Labute approximate surface area is 171 Å². The van der Waals surface area contributed by atoms with Gasteiger partial charge in [0.1, 0.15) is 11.5 Å². The SMILES string of the molecule is COc1cc(C)c(CC(=O)C(=O)c2cccc([C@@H]3CCCC[C@H]3O)c2)c(OC)c1. The minimum Gasteiger partial charge on any atom is -0.497 e. The van der Waals surface area contributed by atoms with Crippen LogP contribution in [0.15, 0.2) is 36.4 Å². The molecule has 0 bridgehead atoms. The van der Waals surface area contributed by atoms with Crippen LogP contribution in [-0.2, 0) is 11.2 Å². The van der Waals surface area contributed by atoms with Crippen LogP contribution in [0.5, 0.6) is 11.5 Å². The molecule has 1 aliphatic carbocycles. The van der Waals surface area contributed by atoms with E-state index in [1.54, 1.807) is 31.4 Å². The van der Waals surface area contributed by atoms with Gasteiger partial charge in [-0.05, 0) is 43.0 Å². The van der Waals surface area contributed by atoms with Crippen LogP contribution in [0.25, 0.3) is 0 Å². The quantitative estimate of drug-likeness (QED) is 0.565. The number of carbonyl (C=O) groups is 2. The molecule has 0 aliphatic heterocycles. The highest BCUT2D eigenvalue weighted by molar-refractivity contribution is 6.44. The lowest BCUT2D eigenvalue weighted by molar-refractivity contribution is -0.114. The van der Waals surface area contributed by atoms with Crippen molar-refractivity contribution in [3.05, 3.63) is 58.7 Å². The van der Waals surface area contributed by atoms with Crippen LogP contribution in [0, 0.1) is 6.92 Å². The van der Waals surface area contributed by atoms with Crippen molar-refractivity contribution in [1.29, 1.82) is 0 Å². The number of ketones is 2. The average Bonchev–Trinajstić information content (AvgIpc) is 2.74. The van der Waals surface area contributed by atoms with E-state index in [0.29, 0.717) is 22.6 Å². The van der Waals surface area contributed by atoms with Crippen LogP contribution < -0.4 is 9.47 Å². The van der Waals surface area contributed by atoms with Gasteiger partial charge in [0.2, 0.25) is 11.6 Å². The molecule has 154 valence electrons. The lowest BCUT2D eigenvalue weighted by atomic mass is 9.81. The van der Waals surface area contributed by atoms with Gasteiger partial charge in [-0.2, -0.15) is 0 Å². The van der Waals surface area contributed by atoms with Crippen molar-refractivity contribution < 1.29 is 24.2 Å². The van der Waals surface area contributed by atoms with E-state index in [1.807, 2.05) is 19.1 Å². The topological polar surface area (TPSA) is 72.8 Å². The van der Waals surface area contributed by atoms with Crippen LogP contribution in [0.1, 0.15) is 58.6 Å². The lowest BCUT2D eigenvalue weighted by Crippen LogP contribution is -2.23. The van der Waals surface area contributed by atoms with Gasteiger partial charge in [0, 0.05) is 29.5 Å². The molecule has 1 aliphatic rings. The molecule has 0 aromatic heterocycles. The smallest absolute Gasteiger partial charge is 0.228 e. The molecule has 0 heterocycles. The highest BCUT2D eigenvalue weighted by Crippen LogP contribution is 2.33. The zero-order valence-electron chi connectivity index (χ0n) is 17.2. The fraction of sp³-hybridized carbons (Fsp3) is 0.417. The monoisotopic (exact) mass is 396 g/mol. The van der Waals surface area contributed by atoms with Crippen LogP contribution in [0.4, 0.5) is 0 Å². The molecule has 0 spiro atoms. The van der Waals surface area contributed by atoms with Crippen molar-refractivity contribution in [2.75, 3.05) is 14.2 Å². The third kappa shape index (κ3) is 4.67. The summed E-state index contributed by atoms with van der Waals surface area (Å²) in [6.45, 7) is 1.86. The van der Waals surface area contributed by atoms with Gasteiger partial charge >= 0.3 is 0 Å². The number of aryl methyl sites for hydroxylation is 1. The largest absolute Gasteiger partial charge is 0.497 e. The molecule has 5 heteroatoms. The molecule has 2 aromatic rings. The first-order chi connectivity index (χ1) is 13.9. The second-order valence-electron chi connectivity index (χ2n) is 7.64. The van der Waals surface area contributed by atoms with Gasteiger partial charge in [-0.15, -0.1) is 0 Å². The van der Waals surface area contributed by atoms with E-state index < -0.39 is 17.7 Å². The maximum absolute atomic E-state index is 12.8. The van der Waals surface area contributed by atoms with E-state index >= 15 is 0 Å². The van der Waals surface area contributed by atoms with Gasteiger partial charge in [-0.3, -0.25) is 9.59 Å². The first kappa shape index (κ1) is 21.1. The number of methoxy groups -OCH3 is 2. The van der Waals surface area contributed by atoms with Crippen molar-refractivity contribution in [1.82, 2.24) is 0 Å². The van der Waals surface area contributed by atoms with E-state index in [2.05, 4.69) is 0 Å². The molecule has 1 N–H and O–H groups in total. The minimum atomic E-state index is -0.519. The number of aliphatic hydroxyl groups is 1. The standard InChI is InChI=1S/C24H28O5/c1-15-11-18(28-2)13-23(29-3)20(15)14-22(26)24(27)17-8-6-7-16(12-17)19-9-4-5-10-21(19)25/h6-8,11-13,19,21,25H,4-5,9-10,14H2,1-3H3/t19-,21+/m0/s1. The molecule has 1 fully saturated rings. The van der Waals surface area contributed by atoms with Crippen molar-refractivity contribution in [2.24, 2.45) is 0 Å². The summed E-state index contributed by atoms with van der Waals surface area (Å²) in [5.41, 5.74) is 2.82. The number of aliphatic hydroxyl groups excluding tert-OH is 1. The number of carbonyl (C=O) groups excluding carboxylic acids is 2. The van der Waals surface area contributed by atoms with Gasteiger partial charge in [0.25, 0.3) is 0 Å². The highest BCUT2D eigenvalue weighted by Gasteiger charge is 2.26. The Kier molecular flexibility index (Phi) is 6.70. The van der Waals surface area contributed by atoms with Crippen LogP contribution in [0.2, 0.25) is 0 Å². The summed E-state index contributed by atoms with van der Waals surface area (Å²) in [7, 11) is 3.10. The molecule has 1 saturated carbocycles. The lowest BCUT2D eigenvalue weighted by Gasteiger charge is -2.28. The minimum absolute atomic E-state index is 0.0236. The molecular weight excluding hydrogens is 368 g/mol. The van der Waals surface area contributed by atoms with Gasteiger partial charge in [0.15, 0.2) is 0 Å². The van der Waals surface area contributed by atoms with Gasteiger partial charge in [-0.1, -0.05) is 31.0 Å². The van der Waals surface area contributed by atoms with E-state index in [9.17, 15) is 14.7 Å². The van der Waals surface area contributed by atoms with E-state index in [4.69, 9.17) is 9.47 Å². The molecule has 2 aromatic carbocycles.